The van der Waals surface area contributed by atoms with Crippen molar-refractivity contribution in [2.45, 2.75) is 6.42 Å². The minimum atomic E-state index is 0.863. The van der Waals surface area contributed by atoms with Crippen molar-refractivity contribution in [1.82, 2.24) is 9.13 Å². The van der Waals surface area contributed by atoms with E-state index < -0.39 is 0 Å². The van der Waals surface area contributed by atoms with Crippen molar-refractivity contribution >= 4 is 75.9 Å². The zero-order valence-corrected chi connectivity index (χ0v) is 34.4. The fraction of sp³-hybridized carbons (Fsp3) is 0.0164. The molecule has 0 radical (unpaired) electrons. The standard InChI is InChI=1S/C61H38N2/c1-2-14-38(15-3-1)39-28-31-41(32-29-39)62-55-25-10-8-20-50(55)60-58(62)34-35-59-61(60)51-21-9-11-26-56(51)63(59)57-27-13-24-48-47-23-12-22-42(53(47)37-54(48)57)40-30-33-49-45-18-5-4-16-43(45)44-17-6-7-19-46(44)52(49)36-40/h1-36H,37H2. The topological polar surface area (TPSA) is 9.86 Å². The Kier molecular flexibility index (Phi) is 7.20. The Morgan fingerprint density at radius 1 is 0.270 bits per heavy atom. The zero-order valence-electron chi connectivity index (χ0n) is 34.4. The van der Waals surface area contributed by atoms with Crippen molar-refractivity contribution in [3.05, 3.63) is 230 Å². The summed E-state index contributed by atoms with van der Waals surface area (Å²) < 4.78 is 4.99. The third-order valence-electron chi connectivity index (χ3n) is 14.0. The molecule has 0 bridgehead atoms. The molecule has 0 unspecified atom stereocenters. The predicted molar refractivity (Wildman–Crippen MR) is 267 cm³/mol. The van der Waals surface area contributed by atoms with E-state index in [1.807, 2.05) is 0 Å². The molecule has 0 atom stereocenters. The highest BCUT2D eigenvalue weighted by Crippen LogP contribution is 2.48. The fourth-order valence-electron chi connectivity index (χ4n) is 11.3. The molecule has 11 aromatic carbocycles. The lowest BCUT2D eigenvalue weighted by atomic mass is 9.90. The molecule has 2 heteroatoms. The smallest absolute Gasteiger partial charge is 0.0549 e. The van der Waals surface area contributed by atoms with Crippen LogP contribution in [-0.2, 0) is 6.42 Å². The number of benzene rings is 11. The summed E-state index contributed by atoms with van der Waals surface area (Å²) in [5.74, 6) is 0. The van der Waals surface area contributed by atoms with Gasteiger partial charge in [-0.25, -0.2) is 0 Å². The summed E-state index contributed by atoms with van der Waals surface area (Å²) in [4.78, 5) is 0. The molecule has 2 heterocycles. The number of hydrogen-bond donors (Lipinski definition) is 0. The van der Waals surface area contributed by atoms with E-state index in [0.29, 0.717) is 0 Å². The van der Waals surface area contributed by atoms with Gasteiger partial charge in [0.25, 0.3) is 0 Å². The van der Waals surface area contributed by atoms with E-state index in [9.17, 15) is 0 Å². The van der Waals surface area contributed by atoms with Gasteiger partial charge in [0.05, 0.1) is 27.8 Å². The normalized spacial score (nSPS) is 12.4. The molecule has 2 aromatic heterocycles. The Morgan fingerprint density at radius 2 is 0.746 bits per heavy atom. The summed E-state index contributed by atoms with van der Waals surface area (Å²) in [6.45, 7) is 0. The lowest BCUT2D eigenvalue weighted by Gasteiger charge is -2.14. The molecule has 0 N–H and O–H groups in total. The average molecular weight is 799 g/mol. The molecule has 0 aliphatic heterocycles. The van der Waals surface area contributed by atoms with E-state index in [1.54, 1.807) is 0 Å². The fourth-order valence-corrected chi connectivity index (χ4v) is 11.3. The van der Waals surface area contributed by atoms with Gasteiger partial charge in [-0.3, -0.25) is 0 Å². The van der Waals surface area contributed by atoms with Gasteiger partial charge >= 0.3 is 0 Å². The van der Waals surface area contributed by atoms with E-state index in [4.69, 9.17) is 0 Å². The molecule has 2 nitrogen and oxygen atoms in total. The number of fused-ring (bicyclic) bond motifs is 16. The van der Waals surface area contributed by atoms with Crippen LogP contribution in [-0.4, -0.2) is 9.13 Å². The molecule has 0 spiro atoms. The van der Waals surface area contributed by atoms with Gasteiger partial charge in [0.15, 0.2) is 0 Å². The molecule has 292 valence electrons. The van der Waals surface area contributed by atoms with E-state index in [2.05, 4.69) is 228 Å². The van der Waals surface area contributed by atoms with E-state index >= 15 is 0 Å². The maximum Gasteiger partial charge on any atom is 0.0549 e. The van der Waals surface area contributed by atoms with Gasteiger partial charge in [0, 0.05) is 33.7 Å². The Labute approximate surface area is 364 Å². The second-order valence-electron chi connectivity index (χ2n) is 17.1. The lowest BCUT2D eigenvalue weighted by Crippen LogP contribution is -1.99. The van der Waals surface area contributed by atoms with Crippen molar-refractivity contribution < 1.29 is 0 Å². The van der Waals surface area contributed by atoms with Crippen LogP contribution in [0, 0.1) is 0 Å². The van der Waals surface area contributed by atoms with Gasteiger partial charge in [0.2, 0.25) is 0 Å². The molecular formula is C61H38N2. The van der Waals surface area contributed by atoms with Crippen molar-refractivity contribution in [2.75, 3.05) is 0 Å². The first-order valence-electron chi connectivity index (χ1n) is 22.0. The van der Waals surface area contributed by atoms with Crippen LogP contribution in [0.4, 0.5) is 0 Å². The summed E-state index contributed by atoms with van der Waals surface area (Å²) in [5.41, 5.74) is 17.7. The molecule has 63 heavy (non-hydrogen) atoms. The van der Waals surface area contributed by atoms with Crippen molar-refractivity contribution in [3.63, 3.8) is 0 Å². The quantitative estimate of drug-likeness (QED) is 0.157. The first-order chi connectivity index (χ1) is 31.3. The second-order valence-corrected chi connectivity index (χ2v) is 17.1. The second kappa shape index (κ2) is 13.1. The van der Waals surface area contributed by atoms with Crippen LogP contribution in [0.3, 0.4) is 0 Å². The van der Waals surface area contributed by atoms with Gasteiger partial charge in [-0.2, -0.15) is 0 Å². The van der Waals surface area contributed by atoms with Crippen LogP contribution >= 0.6 is 0 Å². The lowest BCUT2D eigenvalue weighted by molar-refractivity contribution is 1.12. The van der Waals surface area contributed by atoms with E-state index in [-0.39, 0.29) is 0 Å². The first kappa shape index (κ1) is 34.5. The van der Waals surface area contributed by atoms with E-state index in [1.165, 1.54) is 126 Å². The molecule has 0 amide bonds. The van der Waals surface area contributed by atoms with Crippen LogP contribution < -0.4 is 0 Å². The summed E-state index contributed by atoms with van der Waals surface area (Å²) in [5, 5.41) is 12.9. The first-order valence-corrected chi connectivity index (χ1v) is 22.0. The summed E-state index contributed by atoms with van der Waals surface area (Å²) in [7, 11) is 0. The molecule has 0 saturated carbocycles. The highest BCUT2D eigenvalue weighted by atomic mass is 15.0. The third kappa shape index (κ3) is 4.89. The molecule has 0 fully saturated rings. The highest BCUT2D eigenvalue weighted by Gasteiger charge is 2.27. The van der Waals surface area contributed by atoms with Crippen LogP contribution in [0.1, 0.15) is 11.1 Å². The van der Waals surface area contributed by atoms with E-state index in [0.717, 1.165) is 12.1 Å². The molecule has 0 saturated heterocycles. The zero-order chi connectivity index (χ0) is 41.2. The van der Waals surface area contributed by atoms with Crippen LogP contribution in [0.5, 0.6) is 0 Å². The maximum atomic E-state index is 2.54. The Bertz CT molecular complexity index is 4000. The largest absolute Gasteiger partial charge is 0.309 e. The average Bonchev–Trinajstić information content (AvgIpc) is 4.02. The number of para-hydroxylation sites is 2. The number of aromatic nitrogens is 2. The van der Waals surface area contributed by atoms with Gasteiger partial charge in [-0.1, -0.05) is 170 Å². The highest BCUT2D eigenvalue weighted by molar-refractivity contribution is 6.29. The van der Waals surface area contributed by atoms with Crippen molar-refractivity contribution in [2.24, 2.45) is 0 Å². The summed E-state index contributed by atoms with van der Waals surface area (Å²) in [6.07, 6.45) is 0.863. The number of nitrogens with zero attached hydrogens (tertiary/aromatic N) is 2. The van der Waals surface area contributed by atoms with Gasteiger partial charge in [-0.15, -0.1) is 0 Å². The van der Waals surface area contributed by atoms with Gasteiger partial charge < -0.3 is 9.13 Å². The number of rotatable bonds is 4. The van der Waals surface area contributed by atoms with Gasteiger partial charge in [0.1, 0.15) is 0 Å². The summed E-state index contributed by atoms with van der Waals surface area (Å²) >= 11 is 0. The van der Waals surface area contributed by atoms with Crippen molar-refractivity contribution in [1.29, 1.82) is 0 Å². The molecule has 14 rings (SSSR count). The Hall–Kier alpha value is -8.20. The third-order valence-corrected chi connectivity index (χ3v) is 14.0. The number of hydrogen-bond acceptors (Lipinski definition) is 0. The van der Waals surface area contributed by atoms with Crippen LogP contribution in [0.25, 0.3) is 121 Å². The van der Waals surface area contributed by atoms with Crippen LogP contribution in [0.15, 0.2) is 218 Å². The molecule has 1 aliphatic rings. The minimum absolute atomic E-state index is 0.863. The maximum absolute atomic E-state index is 2.54. The molecular weight excluding hydrogens is 761 g/mol. The molecule has 13 aromatic rings. The SMILES string of the molecule is c1ccc(-c2ccc(-n3c4ccccc4c4c5c6ccccc6n(-c6cccc7c6Cc6c(-c8ccc9c%10ccccc%10c%10ccccc%10c9c8)cccc6-7)c5ccc43)cc2)cc1. The van der Waals surface area contributed by atoms with Gasteiger partial charge in [-0.05, 0) is 125 Å². The Morgan fingerprint density at radius 3 is 1.41 bits per heavy atom. The van der Waals surface area contributed by atoms with Crippen LogP contribution in [0.2, 0.25) is 0 Å². The molecule has 1 aliphatic carbocycles. The Balaban J connectivity index is 0.948. The predicted octanol–water partition coefficient (Wildman–Crippen LogP) is 16.2. The minimum Gasteiger partial charge on any atom is -0.309 e. The monoisotopic (exact) mass is 798 g/mol. The van der Waals surface area contributed by atoms with Crippen molar-refractivity contribution in [3.8, 4) is 44.8 Å². The summed E-state index contributed by atoms with van der Waals surface area (Å²) in [6, 6.07) is 81.0.